The van der Waals surface area contributed by atoms with Crippen molar-refractivity contribution in [1.82, 2.24) is 0 Å². The summed E-state index contributed by atoms with van der Waals surface area (Å²) < 4.78 is 0. The lowest BCUT2D eigenvalue weighted by molar-refractivity contribution is 0.621. The largest absolute Gasteiger partial charge is 0.0678 e. The molecule has 0 heterocycles. The molecule has 0 unspecified atom stereocenters. The van der Waals surface area contributed by atoms with E-state index in [4.69, 9.17) is 0 Å². The average Bonchev–Trinajstić information content (AvgIpc) is 2.29. The number of unbranched alkanes of at least 4 members (excludes halogenated alkanes) is 5. The number of hydrogen-bond acceptors (Lipinski definition) is 0. The second kappa shape index (κ2) is 9.44. The van der Waals surface area contributed by atoms with Crippen molar-refractivity contribution < 1.29 is 0 Å². The standard InChI is InChI=1S/C14H32Si/c1-5-9-10-11-12-13-14-15(6-2,7-3)8-4/h5-14H2,1-4H3. The maximum atomic E-state index is 2.43. The summed E-state index contributed by atoms with van der Waals surface area (Å²) in [7, 11) is -0.786. The predicted molar refractivity (Wildman–Crippen MR) is 75.4 cm³/mol. The van der Waals surface area contributed by atoms with Crippen LogP contribution in [0.25, 0.3) is 0 Å². The first-order valence-electron chi connectivity index (χ1n) is 7.24. The highest BCUT2D eigenvalue weighted by Gasteiger charge is 2.25. The summed E-state index contributed by atoms with van der Waals surface area (Å²) in [6, 6.07) is 6.13. The van der Waals surface area contributed by atoms with Gasteiger partial charge in [0.2, 0.25) is 0 Å². The molecule has 0 aromatic carbocycles. The molecule has 0 atom stereocenters. The Morgan fingerprint density at radius 1 is 0.600 bits per heavy atom. The molecule has 0 spiro atoms. The topological polar surface area (TPSA) is 0 Å². The van der Waals surface area contributed by atoms with Crippen LogP contribution in [-0.4, -0.2) is 8.07 Å². The van der Waals surface area contributed by atoms with E-state index in [0.29, 0.717) is 0 Å². The van der Waals surface area contributed by atoms with Crippen LogP contribution in [0.3, 0.4) is 0 Å². The van der Waals surface area contributed by atoms with E-state index in [0.717, 1.165) is 0 Å². The lowest BCUT2D eigenvalue weighted by Crippen LogP contribution is -2.30. The van der Waals surface area contributed by atoms with Crippen LogP contribution in [0.1, 0.15) is 66.2 Å². The van der Waals surface area contributed by atoms with Gasteiger partial charge in [-0.15, -0.1) is 0 Å². The third-order valence-electron chi connectivity index (χ3n) is 4.31. The van der Waals surface area contributed by atoms with Crippen LogP contribution >= 0.6 is 0 Å². The molecular formula is C14H32Si. The molecule has 0 bridgehead atoms. The molecule has 0 N–H and O–H groups in total. The van der Waals surface area contributed by atoms with Crippen LogP contribution in [-0.2, 0) is 0 Å². The normalized spacial score (nSPS) is 12.0. The van der Waals surface area contributed by atoms with Gasteiger partial charge in [0.1, 0.15) is 0 Å². The van der Waals surface area contributed by atoms with Crippen molar-refractivity contribution in [3.05, 3.63) is 0 Å². The van der Waals surface area contributed by atoms with Crippen molar-refractivity contribution in [3.8, 4) is 0 Å². The molecule has 0 amide bonds. The minimum absolute atomic E-state index is 0.786. The van der Waals surface area contributed by atoms with Gasteiger partial charge in [0.15, 0.2) is 0 Å². The molecular weight excluding hydrogens is 196 g/mol. The average molecular weight is 228 g/mol. The number of rotatable bonds is 10. The van der Waals surface area contributed by atoms with E-state index in [1.165, 1.54) is 56.7 Å². The van der Waals surface area contributed by atoms with Gasteiger partial charge in [-0.25, -0.2) is 0 Å². The maximum absolute atomic E-state index is 2.43. The van der Waals surface area contributed by atoms with Gasteiger partial charge in [-0.2, -0.15) is 0 Å². The molecule has 0 saturated heterocycles. The zero-order valence-electron chi connectivity index (χ0n) is 11.6. The zero-order chi connectivity index (χ0) is 11.6. The summed E-state index contributed by atoms with van der Waals surface area (Å²) >= 11 is 0. The molecule has 0 aliphatic rings. The summed E-state index contributed by atoms with van der Waals surface area (Å²) in [6.45, 7) is 9.58. The Hall–Kier alpha value is 0.217. The maximum Gasteiger partial charge on any atom is 0.0527 e. The van der Waals surface area contributed by atoms with E-state index >= 15 is 0 Å². The van der Waals surface area contributed by atoms with Gasteiger partial charge in [0.25, 0.3) is 0 Å². The highest BCUT2D eigenvalue weighted by Crippen LogP contribution is 2.27. The molecule has 0 fully saturated rings. The summed E-state index contributed by atoms with van der Waals surface area (Å²) in [4.78, 5) is 0. The van der Waals surface area contributed by atoms with E-state index in [1.54, 1.807) is 6.04 Å². The molecule has 92 valence electrons. The molecule has 1 heteroatoms. The Balaban J connectivity index is 3.54. The van der Waals surface area contributed by atoms with Crippen molar-refractivity contribution in [3.63, 3.8) is 0 Å². The second-order valence-corrected chi connectivity index (χ2v) is 10.7. The van der Waals surface area contributed by atoms with Crippen molar-refractivity contribution in [2.45, 2.75) is 90.4 Å². The van der Waals surface area contributed by atoms with Crippen LogP contribution in [0, 0.1) is 0 Å². The van der Waals surface area contributed by atoms with Gasteiger partial charge in [-0.1, -0.05) is 90.4 Å². The smallest absolute Gasteiger partial charge is 0.0527 e. The van der Waals surface area contributed by atoms with Gasteiger partial charge in [-0.05, 0) is 0 Å². The van der Waals surface area contributed by atoms with Gasteiger partial charge in [-0.3, -0.25) is 0 Å². The molecule has 0 radical (unpaired) electrons. The van der Waals surface area contributed by atoms with Gasteiger partial charge in [0, 0.05) is 0 Å². The van der Waals surface area contributed by atoms with Gasteiger partial charge >= 0.3 is 0 Å². The molecule has 0 saturated carbocycles. The molecule has 15 heavy (non-hydrogen) atoms. The van der Waals surface area contributed by atoms with Crippen molar-refractivity contribution in [2.24, 2.45) is 0 Å². The minimum atomic E-state index is -0.786. The first-order valence-corrected chi connectivity index (χ1v) is 10.1. The molecule has 0 nitrogen and oxygen atoms in total. The molecule has 0 rings (SSSR count). The predicted octanol–water partition coefficient (Wildman–Crippen LogP) is 5.86. The van der Waals surface area contributed by atoms with E-state index in [2.05, 4.69) is 27.7 Å². The summed E-state index contributed by atoms with van der Waals surface area (Å²) in [5, 5.41) is 0. The van der Waals surface area contributed by atoms with Crippen molar-refractivity contribution in [1.29, 1.82) is 0 Å². The third-order valence-corrected chi connectivity index (χ3v) is 10.2. The Labute approximate surface area is 98.9 Å². The van der Waals surface area contributed by atoms with Crippen LogP contribution in [0.5, 0.6) is 0 Å². The summed E-state index contributed by atoms with van der Waals surface area (Å²) in [5.41, 5.74) is 0. The fourth-order valence-electron chi connectivity index (χ4n) is 2.56. The Bertz CT molecular complexity index is 119. The van der Waals surface area contributed by atoms with E-state index in [9.17, 15) is 0 Å². The van der Waals surface area contributed by atoms with Crippen molar-refractivity contribution in [2.75, 3.05) is 0 Å². The van der Waals surface area contributed by atoms with E-state index < -0.39 is 8.07 Å². The molecule has 0 aliphatic carbocycles. The zero-order valence-corrected chi connectivity index (χ0v) is 12.6. The van der Waals surface area contributed by atoms with Crippen LogP contribution in [0.4, 0.5) is 0 Å². The van der Waals surface area contributed by atoms with Gasteiger partial charge in [0.05, 0.1) is 8.07 Å². The summed E-state index contributed by atoms with van der Waals surface area (Å²) in [5.74, 6) is 0. The molecule has 0 aromatic rings. The Kier molecular flexibility index (Phi) is 9.58. The Morgan fingerprint density at radius 3 is 1.53 bits per heavy atom. The quantitative estimate of drug-likeness (QED) is 0.325. The SMILES string of the molecule is CCCCCCCC[Si](CC)(CC)CC. The minimum Gasteiger partial charge on any atom is -0.0678 e. The first kappa shape index (κ1) is 15.2. The first-order chi connectivity index (χ1) is 7.24. The fraction of sp³-hybridized carbons (Fsp3) is 1.00. The van der Waals surface area contributed by atoms with Crippen LogP contribution in [0.15, 0.2) is 0 Å². The fourth-order valence-corrected chi connectivity index (χ4v) is 6.12. The monoisotopic (exact) mass is 228 g/mol. The van der Waals surface area contributed by atoms with E-state index in [-0.39, 0.29) is 0 Å². The molecule has 0 aromatic heterocycles. The Morgan fingerprint density at radius 2 is 1.07 bits per heavy atom. The lowest BCUT2D eigenvalue weighted by Gasteiger charge is -2.28. The molecule has 0 aliphatic heterocycles. The van der Waals surface area contributed by atoms with E-state index in [1.807, 2.05) is 0 Å². The number of hydrogen-bond donors (Lipinski definition) is 0. The second-order valence-electron chi connectivity index (χ2n) is 5.08. The van der Waals surface area contributed by atoms with Crippen molar-refractivity contribution >= 4 is 8.07 Å². The van der Waals surface area contributed by atoms with Gasteiger partial charge < -0.3 is 0 Å². The summed E-state index contributed by atoms with van der Waals surface area (Å²) in [6.07, 6.45) is 8.78. The highest BCUT2D eigenvalue weighted by atomic mass is 28.3. The third kappa shape index (κ3) is 6.39. The van der Waals surface area contributed by atoms with Crippen LogP contribution in [0.2, 0.25) is 24.2 Å². The highest BCUT2D eigenvalue weighted by molar-refractivity contribution is 6.79. The lowest BCUT2D eigenvalue weighted by atomic mass is 10.1. The van der Waals surface area contributed by atoms with Crippen LogP contribution < -0.4 is 0 Å².